The Balaban J connectivity index is 0.00000565. The quantitative estimate of drug-likeness (QED) is 0.0672. The zero-order valence-corrected chi connectivity index (χ0v) is 29.7. The van der Waals surface area contributed by atoms with Crippen LogP contribution in [0.1, 0.15) is 105 Å². The first kappa shape index (κ1) is 42.2. The number of hydrogen-bond donors (Lipinski definition) is 0. The number of ether oxygens (including phenoxy) is 2. The number of methoxy groups -OCH3 is 1. The first-order valence-electron chi connectivity index (χ1n) is 16.7. The van der Waals surface area contributed by atoms with Crippen LogP contribution in [0, 0.1) is 23.5 Å². The summed E-state index contributed by atoms with van der Waals surface area (Å²) in [4.78, 5) is 12.9. The van der Waals surface area contributed by atoms with Crippen molar-refractivity contribution in [2.75, 3.05) is 7.11 Å². The molecule has 1 atom stereocenters. The Morgan fingerprint density at radius 3 is 2.17 bits per heavy atom. The molecule has 1 unspecified atom stereocenters. The topological polar surface area (TPSA) is 55.5 Å². The molecule has 1 fully saturated rings. The van der Waals surface area contributed by atoms with Crippen LogP contribution in [0.25, 0.3) is 0 Å². The van der Waals surface area contributed by atoms with Crippen LogP contribution in [0.4, 0.5) is 22.0 Å². The second-order valence-corrected chi connectivity index (χ2v) is 11.1. The predicted molar refractivity (Wildman–Crippen MR) is 188 cm³/mol. The zero-order valence-electron chi connectivity index (χ0n) is 29.7. The van der Waals surface area contributed by atoms with Crippen molar-refractivity contribution in [1.29, 1.82) is 0 Å². The highest BCUT2D eigenvalue weighted by molar-refractivity contribution is 6.05. The number of allylic oxidation sites excluding steroid dienone is 5. The van der Waals surface area contributed by atoms with Gasteiger partial charge in [0.25, 0.3) is 0 Å². The van der Waals surface area contributed by atoms with Gasteiger partial charge in [0, 0.05) is 12.4 Å². The summed E-state index contributed by atoms with van der Waals surface area (Å²) in [5.41, 5.74) is 0.505. The highest BCUT2D eigenvalue weighted by Crippen LogP contribution is 2.41. The molecule has 0 N–H and O–H groups in total. The van der Waals surface area contributed by atoms with Crippen LogP contribution in [-0.2, 0) is 16.1 Å². The number of nitrogens with zero attached hydrogens (tertiary/aromatic N) is 3. The molecule has 10 heteroatoms. The summed E-state index contributed by atoms with van der Waals surface area (Å²) in [7, 11) is 1.58. The second kappa shape index (κ2) is 21.2. The summed E-state index contributed by atoms with van der Waals surface area (Å²) in [6, 6.07) is 2.05. The second-order valence-electron chi connectivity index (χ2n) is 11.1. The van der Waals surface area contributed by atoms with E-state index in [9.17, 15) is 13.2 Å². The average molecular weight is 678 g/mol. The van der Waals surface area contributed by atoms with E-state index in [-0.39, 0.29) is 23.6 Å². The van der Waals surface area contributed by atoms with Gasteiger partial charge >= 0.3 is 6.18 Å². The van der Waals surface area contributed by atoms with E-state index in [4.69, 9.17) is 9.47 Å². The lowest BCUT2D eigenvalue weighted by atomic mass is 9.94. The predicted octanol–water partition coefficient (Wildman–Crippen LogP) is 11.8. The molecule has 1 aromatic carbocycles. The smallest absolute Gasteiger partial charge is 0.433 e. The minimum absolute atomic E-state index is 0.134. The maximum atomic E-state index is 15.2. The van der Waals surface area contributed by atoms with Gasteiger partial charge in [0.15, 0.2) is 0 Å². The zero-order chi connectivity index (χ0) is 36.4. The third-order valence-corrected chi connectivity index (χ3v) is 7.36. The van der Waals surface area contributed by atoms with Gasteiger partial charge in [-0.15, -0.1) is 0 Å². The number of aliphatic imine (C=N–C) groups is 3. The van der Waals surface area contributed by atoms with Crippen molar-refractivity contribution in [2.45, 2.75) is 106 Å². The molecule has 0 heterocycles. The molecule has 5 nitrogen and oxygen atoms in total. The van der Waals surface area contributed by atoms with Crippen molar-refractivity contribution in [2.24, 2.45) is 26.8 Å². The average Bonchev–Trinajstić information content (AvgIpc) is 3.90. The van der Waals surface area contributed by atoms with Gasteiger partial charge in [0.2, 0.25) is 5.88 Å². The molecule has 0 aromatic heterocycles. The van der Waals surface area contributed by atoms with Crippen LogP contribution >= 0.6 is 0 Å². The lowest BCUT2D eigenvalue weighted by Gasteiger charge is -2.18. The number of alkyl halides is 3. The van der Waals surface area contributed by atoms with E-state index in [0.717, 1.165) is 67.2 Å². The summed E-state index contributed by atoms with van der Waals surface area (Å²) in [6.45, 7) is 20.5. The number of unbranched alkanes of at least 4 members (excludes halogenated alkanes) is 1. The van der Waals surface area contributed by atoms with Gasteiger partial charge < -0.3 is 9.47 Å². The number of benzene rings is 1. The summed E-state index contributed by atoms with van der Waals surface area (Å²) < 4.78 is 81.9. The fraction of sp³-hybridized carbons (Fsp3) is 0.500. The fourth-order valence-electron chi connectivity index (χ4n) is 4.48. The largest absolute Gasteiger partial charge is 0.489 e. The SMILES string of the molecule is C=C(\C=C/N=C(CCC)\C(C(=C)C1CC1)=C(\N=C/CCC)OC)OCc1cc(F)c(C(=N/C(=C\C)C(F)(F)F)C(C)CC)c(F)c1.CC. The summed E-state index contributed by atoms with van der Waals surface area (Å²) in [6.07, 6.45) is 6.58. The molecule has 266 valence electrons. The molecule has 48 heavy (non-hydrogen) atoms. The van der Waals surface area contributed by atoms with Crippen molar-refractivity contribution in [3.8, 4) is 0 Å². The Morgan fingerprint density at radius 1 is 1.06 bits per heavy atom. The van der Waals surface area contributed by atoms with E-state index in [2.05, 4.69) is 35.1 Å². The summed E-state index contributed by atoms with van der Waals surface area (Å²) >= 11 is 0. The van der Waals surface area contributed by atoms with Gasteiger partial charge in [-0.05, 0) is 80.2 Å². The highest BCUT2D eigenvalue weighted by atomic mass is 19.4. The molecule has 0 bridgehead atoms. The van der Waals surface area contributed by atoms with Crippen molar-refractivity contribution >= 4 is 17.6 Å². The lowest BCUT2D eigenvalue weighted by molar-refractivity contribution is -0.0924. The molecule has 1 saturated carbocycles. The molecule has 1 aliphatic rings. The van der Waals surface area contributed by atoms with E-state index in [1.807, 2.05) is 27.0 Å². The lowest BCUT2D eigenvalue weighted by Crippen LogP contribution is -2.20. The maximum absolute atomic E-state index is 15.2. The van der Waals surface area contributed by atoms with E-state index < -0.39 is 35.0 Å². The van der Waals surface area contributed by atoms with Crippen LogP contribution in [-0.4, -0.2) is 30.9 Å². The standard InChI is InChI=1S/C36H46F5N3O2.C2H6/c1-9-13-18-43-35(45-8)32(25(7)27-15-16-27)30(14-10-2)42-19-17-24(6)46-22-26-20-28(37)33(29(38)21-26)34(23(5)11-3)44-31(12-4)36(39,40)41;1-2/h12,17-21,23,27H,6-7,9-11,13-16,22H2,1-5,8H3;1-2H3/b19-17-,31-12-,35-32-,42-30-,43-18-,44-34?;. The molecular formula is C38H52F5N3O2. The monoisotopic (exact) mass is 677 g/mol. The third-order valence-electron chi connectivity index (χ3n) is 7.36. The first-order valence-corrected chi connectivity index (χ1v) is 16.7. The van der Waals surface area contributed by atoms with E-state index in [0.29, 0.717) is 24.6 Å². The minimum Gasteiger partial charge on any atom is -0.489 e. The summed E-state index contributed by atoms with van der Waals surface area (Å²) in [5.74, 6) is -1.68. The van der Waals surface area contributed by atoms with Gasteiger partial charge in [-0.25, -0.2) is 18.8 Å². The third kappa shape index (κ3) is 13.0. The number of rotatable bonds is 18. The summed E-state index contributed by atoms with van der Waals surface area (Å²) in [5, 5.41) is 0. The molecule has 1 aromatic rings. The Kier molecular flexibility index (Phi) is 18.7. The minimum atomic E-state index is -4.76. The molecule has 1 aliphatic carbocycles. The molecule has 0 amide bonds. The van der Waals surface area contributed by atoms with Crippen LogP contribution in [0.15, 0.2) is 87.1 Å². The molecule has 0 spiro atoms. The highest BCUT2D eigenvalue weighted by Gasteiger charge is 2.35. The van der Waals surface area contributed by atoms with Crippen LogP contribution < -0.4 is 0 Å². The van der Waals surface area contributed by atoms with Crippen LogP contribution in [0.2, 0.25) is 0 Å². The van der Waals surface area contributed by atoms with Crippen molar-refractivity contribution < 1.29 is 31.4 Å². The molecular weight excluding hydrogens is 625 g/mol. The van der Waals surface area contributed by atoms with E-state index in [1.165, 1.54) is 19.2 Å². The Morgan fingerprint density at radius 2 is 1.69 bits per heavy atom. The van der Waals surface area contributed by atoms with E-state index in [1.54, 1.807) is 21.0 Å². The molecule has 2 rings (SSSR count). The number of halogens is 5. The van der Waals surface area contributed by atoms with E-state index >= 15 is 8.78 Å². The van der Waals surface area contributed by atoms with Gasteiger partial charge in [-0.2, -0.15) is 13.2 Å². The van der Waals surface area contributed by atoms with Crippen LogP contribution in [0.5, 0.6) is 0 Å². The Bertz CT molecular complexity index is 1390. The maximum Gasteiger partial charge on any atom is 0.433 e. The van der Waals surface area contributed by atoms with Gasteiger partial charge in [-0.3, -0.25) is 4.99 Å². The van der Waals surface area contributed by atoms with Gasteiger partial charge in [-0.1, -0.05) is 73.6 Å². The van der Waals surface area contributed by atoms with Gasteiger partial charge in [0.05, 0.1) is 29.7 Å². The van der Waals surface area contributed by atoms with Gasteiger partial charge in [0.1, 0.15) is 29.7 Å². The Hall–Kier alpha value is -3.82. The van der Waals surface area contributed by atoms with Crippen molar-refractivity contribution in [1.82, 2.24) is 0 Å². The first-order chi connectivity index (χ1) is 22.8. The number of hydrogen-bond acceptors (Lipinski definition) is 5. The molecule has 0 radical (unpaired) electrons. The van der Waals surface area contributed by atoms with Crippen molar-refractivity contribution in [3.05, 3.63) is 94.9 Å². The fourth-order valence-corrected chi connectivity index (χ4v) is 4.48. The normalized spacial score (nSPS) is 15.6. The van der Waals surface area contributed by atoms with Crippen LogP contribution in [0.3, 0.4) is 0 Å². The van der Waals surface area contributed by atoms with Crippen molar-refractivity contribution in [3.63, 3.8) is 0 Å². The Labute approximate surface area is 283 Å². The molecule has 0 aliphatic heterocycles. The molecule has 0 saturated heterocycles.